The van der Waals surface area contributed by atoms with Crippen molar-refractivity contribution < 1.29 is 64.3 Å². The Bertz CT molecular complexity index is 1160. The van der Waals surface area contributed by atoms with Gasteiger partial charge in [-0.05, 0) is 20.3 Å². The number of cyclic esters (lactones) is 1. The first-order chi connectivity index (χ1) is 22.3. The molecule has 14 nitrogen and oxygen atoms in total. The van der Waals surface area contributed by atoms with E-state index in [0.29, 0.717) is 6.42 Å². The number of carbonyl (C=O) groups is 2. The number of aliphatic hydroxyl groups excluding tert-OH is 5. The van der Waals surface area contributed by atoms with E-state index in [0.717, 1.165) is 0 Å². The van der Waals surface area contributed by atoms with Crippen LogP contribution in [0.2, 0.25) is 0 Å². The zero-order valence-corrected chi connectivity index (χ0v) is 26.7. The molecule has 0 aromatic heterocycles. The zero-order chi connectivity index (χ0) is 34.6. The molecule has 0 saturated carbocycles. The van der Waals surface area contributed by atoms with Crippen molar-refractivity contribution in [1.29, 1.82) is 0 Å². The van der Waals surface area contributed by atoms with Crippen molar-refractivity contribution in [2.75, 3.05) is 6.73 Å². The van der Waals surface area contributed by atoms with E-state index >= 15 is 0 Å². The van der Waals surface area contributed by atoms with Crippen molar-refractivity contribution in [3.63, 3.8) is 0 Å². The zero-order valence-electron chi connectivity index (χ0n) is 26.7. The van der Waals surface area contributed by atoms with Gasteiger partial charge in [-0.1, -0.05) is 60.8 Å². The third-order valence-corrected chi connectivity index (χ3v) is 8.08. The number of hydrogen-bond acceptors (Lipinski definition) is 13. The number of carboxylic acid groups (broad SMARTS) is 1. The van der Waals surface area contributed by atoms with E-state index in [-0.39, 0.29) is 26.0 Å². The van der Waals surface area contributed by atoms with Gasteiger partial charge in [0.05, 0.1) is 43.0 Å². The summed E-state index contributed by atoms with van der Waals surface area (Å²) in [5, 5.41) is 77.1. The molecule has 264 valence electrons. The lowest BCUT2D eigenvalue weighted by Crippen LogP contribution is -2.56. The minimum absolute atomic E-state index is 0.0463. The summed E-state index contributed by atoms with van der Waals surface area (Å²) in [7, 11) is 0. The second kappa shape index (κ2) is 18.7. The van der Waals surface area contributed by atoms with Crippen molar-refractivity contribution in [2.24, 2.45) is 5.92 Å². The first kappa shape index (κ1) is 38.7. The summed E-state index contributed by atoms with van der Waals surface area (Å²) >= 11 is 0. The third kappa shape index (κ3) is 12.7. The lowest BCUT2D eigenvalue weighted by molar-refractivity contribution is -0.303. The van der Waals surface area contributed by atoms with E-state index in [1.807, 2.05) is 6.08 Å². The van der Waals surface area contributed by atoms with Crippen molar-refractivity contribution >= 4 is 11.9 Å². The fourth-order valence-electron chi connectivity index (χ4n) is 5.59. The number of allylic oxidation sites excluding steroid dienone is 6. The molecular weight excluding hydrogens is 618 g/mol. The van der Waals surface area contributed by atoms with Gasteiger partial charge in [0.2, 0.25) is 0 Å². The quantitative estimate of drug-likeness (QED) is 0.150. The minimum Gasteiger partial charge on any atom is -0.481 e. The largest absolute Gasteiger partial charge is 0.481 e. The van der Waals surface area contributed by atoms with Gasteiger partial charge in [0.15, 0.2) is 12.1 Å². The molecule has 0 aromatic rings. The molecule has 2 fully saturated rings. The Balaban J connectivity index is 1.90. The molecule has 2 bridgehead atoms. The van der Waals surface area contributed by atoms with Gasteiger partial charge in [0.1, 0.15) is 24.9 Å². The predicted octanol–water partition coefficient (Wildman–Crippen LogP) is 0.323. The molecule has 2 saturated heterocycles. The summed E-state index contributed by atoms with van der Waals surface area (Å²) < 4.78 is 22.8. The molecule has 47 heavy (non-hydrogen) atoms. The highest BCUT2D eigenvalue weighted by atomic mass is 16.7. The molecule has 3 aliphatic heterocycles. The summed E-state index contributed by atoms with van der Waals surface area (Å²) in [5.74, 6) is -5.56. The maximum Gasteiger partial charge on any atom is 0.311 e. The number of aliphatic hydroxyl groups is 6. The second-order valence-corrected chi connectivity index (χ2v) is 12.2. The number of nitrogens with one attached hydrogen (secondary N) is 1. The van der Waals surface area contributed by atoms with Gasteiger partial charge in [-0.3, -0.25) is 14.9 Å². The molecule has 0 amide bonds. The van der Waals surface area contributed by atoms with Crippen LogP contribution < -0.4 is 5.32 Å². The number of rotatable bonds is 3. The molecule has 14 heteroatoms. The Kier molecular flexibility index (Phi) is 15.4. The van der Waals surface area contributed by atoms with Crippen LogP contribution in [-0.2, 0) is 28.5 Å². The normalized spacial score (nSPS) is 43.7. The van der Waals surface area contributed by atoms with Crippen molar-refractivity contribution in [2.45, 2.75) is 119 Å². The maximum atomic E-state index is 12.2. The fourth-order valence-corrected chi connectivity index (χ4v) is 5.59. The Hall–Kier alpha value is -2.76. The summed E-state index contributed by atoms with van der Waals surface area (Å²) in [6.45, 7) is 3.35. The Morgan fingerprint density at radius 1 is 0.936 bits per heavy atom. The minimum atomic E-state index is -2.13. The number of ether oxygens (including phenoxy) is 4. The van der Waals surface area contributed by atoms with Crippen molar-refractivity contribution in [1.82, 2.24) is 5.32 Å². The fraction of sp³-hybridized carbons (Fsp3) is 0.636. The molecule has 0 spiro atoms. The number of carbonyl (C=O) groups excluding carboxylic acids is 1. The summed E-state index contributed by atoms with van der Waals surface area (Å²) in [4.78, 5) is 24.4. The molecular formula is C33H49NO13. The van der Waals surface area contributed by atoms with Crippen LogP contribution in [0.15, 0.2) is 60.8 Å². The Morgan fingerprint density at radius 3 is 2.36 bits per heavy atom. The molecule has 0 aromatic carbocycles. The first-order valence-corrected chi connectivity index (χ1v) is 15.8. The van der Waals surface area contributed by atoms with Gasteiger partial charge < -0.3 is 54.7 Å². The van der Waals surface area contributed by atoms with E-state index in [4.69, 9.17) is 18.9 Å². The van der Waals surface area contributed by atoms with E-state index in [9.17, 15) is 45.3 Å². The van der Waals surface area contributed by atoms with Gasteiger partial charge in [0.25, 0.3) is 0 Å². The molecule has 3 aliphatic rings. The van der Waals surface area contributed by atoms with Gasteiger partial charge in [-0.15, -0.1) is 0 Å². The molecule has 0 radical (unpaired) electrons. The molecule has 2 unspecified atom stereocenters. The van der Waals surface area contributed by atoms with Crippen molar-refractivity contribution in [3.8, 4) is 0 Å². The Morgan fingerprint density at radius 2 is 1.64 bits per heavy atom. The highest BCUT2D eigenvalue weighted by Crippen LogP contribution is 2.37. The van der Waals surface area contributed by atoms with Crippen LogP contribution in [0.5, 0.6) is 0 Å². The van der Waals surface area contributed by atoms with Crippen LogP contribution in [0.1, 0.15) is 52.4 Å². The number of carboxylic acids is 1. The summed E-state index contributed by atoms with van der Waals surface area (Å²) in [6.07, 6.45) is 4.68. The topological polar surface area (TPSA) is 225 Å². The second-order valence-electron chi connectivity index (χ2n) is 12.2. The van der Waals surface area contributed by atoms with Crippen LogP contribution in [0.25, 0.3) is 0 Å². The standard InChI is InChI=1S/C33H49NO13/c1-20-11-8-6-4-3-5-7-9-14-24(46-32-30(40)29(39)21(2)34-19-44-32)16-26-28(31(41)42)25(37)18-33(43,47-26)17-23(36)13-10-12-22(35)15-27(38)45-20/h3-10,12,14,20-26,28-30,32,34-37,39-40,43H,11,13,15-19H2,1-2H3,(H,41,42)/b4-3+,7-5+,8-6+,12-10+,14-9+/t20-,21-,22+,23+,24+,25+,26+,28-,29?,30?,32+,33-/m1/s1. The molecule has 3 rings (SSSR count). The van der Waals surface area contributed by atoms with Crippen LogP contribution in [-0.4, -0.2) is 121 Å². The number of hydrogen-bond donors (Lipinski definition) is 8. The smallest absolute Gasteiger partial charge is 0.311 e. The lowest BCUT2D eigenvalue weighted by atomic mass is 9.83. The van der Waals surface area contributed by atoms with E-state index in [1.54, 1.807) is 56.4 Å². The average Bonchev–Trinajstić information content (AvgIpc) is 3.08. The first-order valence-electron chi connectivity index (χ1n) is 15.8. The van der Waals surface area contributed by atoms with Gasteiger partial charge in [-0.25, -0.2) is 0 Å². The van der Waals surface area contributed by atoms with E-state index < -0.39 is 97.6 Å². The van der Waals surface area contributed by atoms with Gasteiger partial charge >= 0.3 is 11.9 Å². The number of aliphatic carboxylic acids is 1. The third-order valence-electron chi connectivity index (χ3n) is 8.08. The van der Waals surface area contributed by atoms with Crippen LogP contribution in [0.4, 0.5) is 0 Å². The van der Waals surface area contributed by atoms with Crippen LogP contribution in [0, 0.1) is 5.92 Å². The van der Waals surface area contributed by atoms with Crippen LogP contribution >= 0.6 is 0 Å². The van der Waals surface area contributed by atoms with Gasteiger partial charge in [-0.2, -0.15) is 0 Å². The molecule has 12 atom stereocenters. The van der Waals surface area contributed by atoms with Crippen molar-refractivity contribution in [3.05, 3.63) is 60.8 Å². The summed E-state index contributed by atoms with van der Waals surface area (Å²) in [5.41, 5.74) is 0. The highest BCUT2D eigenvalue weighted by molar-refractivity contribution is 5.71. The number of esters is 1. The average molecular weight is 668 g/mol. The molecule has 8 N–H and O–H groups in total. The monoisotopic (exact) mass is 667 g/mol. The predicted molar refractivity (Wildman–Crippen MR) is 167 cm³/mol. The van der Waals surface area contributed by atoms with E-state index in [2.05, 4.69) is 5.32 Å². The summed E-state index contributed by atoms with van der Waals surface area (Å²) in [6, 6.07) is -0.509. The van der Waals surface area contributed by atoms with Crippen LogP contribution in [0.3, 0.4) is 0 Å². The number of fused-ring (bicyclic) bond motifs is 2. The molecule has 0 aliphatic carbocycles. The lowest BCUT2D eigenvalue weighted by Gasteiger charge is -2.44. The Labute approximate surface area is 274 Å². The van der Waals surface area contributed by atoms with E-state index in [1.165, 1.54) is 12.2 Å². The SMILES string of the molecule is C[C@@H]1C/C=C/C=C/C=C/C=C/[C@H](O[C@@H]2OCN[C@H](C)C(O)C2O)C[C@@H]2O[C@](O)(C[C@@H](O)C/C=C/[C@H](O)CC(=O)O1)C[C@H](O)[C@H]2C(=O)O. The highest BCUT2D eigenvalue weighted by Gasteiger charge is 2.50. The van der Waals surface area contributed by atoms with Gasteiger partial charge in [0, 0.05) is 31.7 Å². The molecule has 3 heterocycles. The maximum absolute atomic E-state index is 12.2.